The topological polar surface area (TPSA) is 80.3 Å². The molecule has 0 spiro atoms. The number of aromatic nitrogens is 3. The molecule has 0 amide bonds. The number of methoxy groups -OCH3 is 2. The number of nitrogens with one attached hydrogen (secondary N) is 1. The third-order valence-electron chi connectivity index (χ3n) is 4.57. The molecule has 0 atom stereocenters. The van der Waals surface area contributed by atoms with E-state index in [0.717, 1.165) is 35.6 Å². The van der Waals surface area contributed by atoms with Crippen LogP contribution < -0.4 is 15.0 Å². The lowest BCUT2D eigenvalue weighted by Gasteiger charge is -2.29. The molecule has 0 aromatic carbocycles. The number of rotatable bonds is 4. The number of fused-ring (bicyclic) bond motifs is 1. The second kappa shape index (κ2) is 7.07. The lowest BCUT2D eigenvalue weighted by Crippen LogP contribution is -2.37. The molecule has 1 aliphatic heterocycles. The van der Waals surface area contributed by atoms with Crippen molar-refractivity contribution in [1.82, 2.24) is 19.9 Å². The molecule has 7 heteroatoms. The molecule has 26 heavy (non-hydrogen) atoms. The highest BCUT2D eigenvalue weighted by Crippen LogP contribution is 2.24. The molecule has 140 valence electrons. The first-order valence-corrected chi connectivity index (χ1v) is 8.74. The van der Waals surface area contributed by atoms with E-state index in [9.17, 15) is 4.79 Å². The Balaban J connectivity index is 1.82. The zero-order valence-electron chi connectivity index (χ0n) is 16.0. The summed E-state index contributed by atoms with van der Waals surface area (Å²) < 4.78 is 10.5. The number of H-pyrrole nitrogens is 1. The van der Waals surface area contributed by atoms with Crippen molar-refractivity contribution >= 4 is 0 Å². The monoisotopic (exact) mass is 358 g/mol. The molecule has 3 rings (SSSR count). The number of aromatic amines is 1. The van der Waals surface area contributed by atoms with E-state index in [-0.39, 0.29) is 11.0 Å². The van der Waals surface area contributed by atoms with Gasteiger partial charge >= 0.3 is 0 Å². The van der Waals surface area contributed by atoms with E-state index in [4.69, 9.17) is 14.5 Å². The molecular formula is C19H26N4O3. The summed E-state index contributed by atoms with van der Waals surface area (Å²) in [4.78, 5) is 26.8. The van der Waals surface area contributed by atoms with Crippen LogP contribution in [-0.4, -0.2) is 40.6 Å². The van der Waals surface area contributed by atoms with Gasteiger partial charge in [0.1, 0.15) is 5.82 Å². The smallest absolute Gasteiger partial charge is 0.255 e. The minimum Gasteiger partial charge on any atom is -0.481 e. The lowest BCUT2D eigenvalue weighted by atomic mass is 9.95. The summed E-state index contributed by atoms with van der Waals surface area (Å²) in [6.45, 7) is 8.21. The molecule has 2 aromatic rings. The minimum atomic E-state index is -0.173. The average molecular weight is 358 g/mol. The van der Waals surface area contributed by atoms with Crippen molar-refractivity contribution in [3.63, 3.8) is 0 Å². The standard InChI is InChI=1S/C19H26N4O3/c1-19(2,3)18-20-14-8-9-23(11-13(14)16(24)22-18)10-12-6-7-15(25-4)21-17(12)26-5/h6-7H,8-11H2,1-5H3,(H,20,22,24). The predicted octanol–water partition coefficient (Wildman–Crippen LogP) is 2.04. The Labute approximate surface area is 153 Å². The fourth-order valence-corrected chi connectivity index (χ4v) is 3.08. The number of hydrogen-bond donors (Lipinski definition) is 1. The van der Waals surface area contributed by atoms with Gasteiger partial charge in [0.25, 0.3) is 5.56 Å². The van der Waals surface area contributed by atoms with E-state index >= 15 is 0 Å². The quantitative estimate of drug-likeness (QED) is 0.901. The summed E-state index contributed by atoms with van der Waals surface area (Å²) in [6.07, 6.45) is 0.758. The molecule has 7 nitrogen and oxygen atoms in total. The van der Waals surface area contributed by atoms with Crippen LogP contribution in [0.25, 0.3) is 0 Å². The van der Waals surface area contributed by atoms with Crippen LogP contribution >= 0.6 is 0 Å². The van der Waals surface area contributed by atoms with E-state index in [1.165, 1.54) is 0 Å². The molecule has 1 N–H and O–H groups in total. The van der Waals surface area contributed by atoms with Crippen molar-refractivity contribution in [2.45, 2.75) is 45.7 Å². The Hall–Kier alpha value is -2.41. The van der Waals surface area contributed by atoms with Crippen LogP contribution in [0, 0.1) is 0 Å². The maximum absolute atomic E-state index is 12.6. The Bertz CT molecular complexity index is 855. The maximum atomic E-state index is 12.6. The predicted molar refractivity (Wildman–Crippen MR) is 98.7 cm³/mol. The van der Waals surface area contributed by atoms with E-state index in [0.29, 0.717) is 24.8 Å². The van der Waals surface area contributed by atoms with Crippen LogP contribution in [0.1, 0.15) is 43.4 Å². The Morgan fingerprint density at radius 1 is 1.19 bits per heavy atom. The van der Waals surface area contributed by atoms with Crippen molar-refractivity contribution in [1.29, 1.82) is 0 Å². The SMILES string of the molecule is COc1ccc(CN2CCc3nc(C(C)(C)C)[nH]c(=O)c3C2)c(OC)n1. The molecular weight excluding hydrogens is 332 g/mol. The number of pyridine rings is 1. The fraction of sp³-hybridized carbons (Fsp3) is 0.526. The highest BCUT2D eigenvalue weighted by Gasteiger charge is 2.25. The Morgan fingerprint density at radius 3 is 2.62 bits per heavy atom. The van der Waals surface area contributed by atoms with E-state index in [2.05, 4.69) is 35.6 Å². The lowest BCUT2D eigenvalue weighted by molar-refractivity contribution is 0.235. The highest BCUT2D eigenvalue weighted by molar-refractivity contribution is 5.31. The van der Waals surface area contributed by atoms with Gasteiger partial charge in [0.15, 0.2) is 0 Å². The fourth-order valence-electron chi connectivity index (χ4n) is 3.08. The van der Waals surface area contributed by atoms with Crippen LogP contribution in [0.3, 0.4) is 0 Å². The van der Waals surface area contributed by atoms with Gasteiger partial charge in [-0.05, 0) is 6.07 Å². The minimum absolute atomic E-state index is 0.0376. The van der Waals surface area contributed by atoms with Crippen molar-refractivity contribution in [3.05, 3.63) is 45.1 Å². The van der Waals surface area contributed by atoms with Crippen molar-refractivity contribution in [2.75, 3.05) is 20.8 Å². The zero-order chi connectivity index (χ0) is 18.9. The van der Waals surface area contributed by atoms with Crippen molar-refractivity contribution in [3.8, 4) is 11.8 Å². The van der Waals surface area contributed by atoms with Gasteiger partial charge in [0.2, 0.25) is 11.8 Å². The second-order valence-corrected chi connectivity index (χ2v) is 7.57. The van der Waals surface area contributed by atoms with Gasteiger partial charge in [-0.25, -0.2) is 4.98 Å². The van der Waals surface area contributed by atoms with Crippen LogP contribution in [-0.2, 0) is 24.9 Å². The van der Waals surface area contributed by atoms with Gasteiger partial charge in [-0.2, -0.15) is 4.98 Å². The third kappa shape index (κ3) is 3.72. The summed E-state index contributed by atoms with van der Waals surface area (Å²) in [7, 11) is 3.17. The summed E-state index contributed by atoms with van der Waals surface area (Å²) in [5.74, 6) is 1.81. The first kappa shape index (κ1) is 18.4. The van der Waals surface area contributed by atoms with Crippen molar-refractivity contribution in [2.24, 2.45) is 0 Å². The first-order valence-electron chi connectivity index (χ1n) is 8.74. The number of nitrogens with zero attached hydrogens (tertiary/aromatic N) is 3. The molecule has 0 saturated carbocycles. The zero-order valence-corrected chi connectivity index (χ0v) is 16.0. The molecule has 0 radical (unpaired) electrons. The molecule has 2 aromatic heterocycles. The second-order valence-electron chi connectivity index (χ2n) is 7.57. The molecule has 0 saturated heterocycles. The van der Waals surface area contributed by atoms with Crippen LogP contribution in [0.5, 0.6) is 11.8 Å². The average Bonchev–Trinajstić information content (AvgIpc) is 2.61. The largest absolute Gasteiger partial charge is 0.481 e. The number of hydrogen-bond acceptors (Lipinski definition) is 6. The van der Waals surface area contributed by atoms with Gasteiger partial charge in [-0.3, -0.25) is 9.69 Å². The van der Waals surface area contributed by atoms with Gasteiger partial charge in [0, 0.05) is 43.1 Å². The van der Waals surface area contributed by atoms with E-state index in [1.54, 1.807) is 14.2 Å². The molecule has 0 fully saturated rings. The Kier molecular flexibility index (Phi) is 5.00. The molecule has 1 aliphatic rings. The summed E-state index contributed by atoms with van der Waals surface area (Å²) in [5, 5.41) is 0. The molecule has 3 heterocycles. The van der Waals surface area contributed by atoms with E-state index < -0.39 is 0 Å². The van der Waals surface area contributed by atoms with Gasteiger partial charge in [-0.15, -0.1) is 0 Å². The summed E-state index contributed by atoms with van der Waals surface area (Å²) in [5.41, 5.74) is 2.42. The van der Waals surface area contributed by atoms with E-state index in [1.807, 2.05) is 12.1 Å². The molecule has 0 unspecified atom stereocenters. The molecule has 0 bridgehead atoms. The van der Waals surface area contributed by atoms with Crippen LogP contribution in [0.2, 0.25) is 0 Å². The number of ether oxygens (including phenoxy) is 2. The summed E-state index contributed by atoms with van der Waals surface area (Å²) in [6, 6.07) is 3.77. The Morgan fingerprint density at radius 2 is 1.96 bits per heavy atom. The van der Waals surface area contributed by atoms with Gasteiger partial charge in [0.05, 0.1) is 25.5 Å². The van der Waals surface area contributed by atoms with Crippen molar-refractivity contribution < 1.29 is 9.47 Å². The maximum Gasteiger partial charge on any atom is 0.255 e. The third-order valence-corrected chi connectivity index (χ3v) is 4.57. The normalized spacial score (nSPS) is 14.8. The van der Waals surface area contributed by atoms with Gasteiger partial charge < -0.3 is 14.5 Å². The van der Waals surface area contributed by atoms with Crippen LogP contribution in [0.15, 0.2) is 16.9 Å². The first-order chi connectivity index (χ1) is 12.3. The van der Waals surface area contributed by atoms with Crippen LogP contribution in [0.4, 0.5) is 0 Å². The van der Waals surface area contributed by atoms with Gasteiger partial charge in [-0.1, -0.05) is 20.8 Å². The highest BCUT2D eigenvalue weighted by atomic mass is 16.5. The summed E-state index contributed by atoms with van der Waals surface area (Å²) >= 11 is 0. The molecule has 0 aliphatic carbocycles.